The van der Waals surface area contributed by atoms with Crippen molar-refractivity contribution in [3.05, 3.63) is 30.1 Å². The van der Waals surface area contributed by atoms with E-state index in [2.05, 4.69) is 38.1 Å². The van der Waals surface area contributed by atoms with Crippen LogP contribution in [0.1, 0.15) is 38.4 Å². The number of aryl methyl sites for hydroxylation is 1. The molecule has 0 bridgehead atoms. The van der Waals surface area contributed by atoms with E-state index in [-0.39, 0.29) is 6.03 Å². The van der Waals surface area contributed by atoms with Crippen LogP contribution < -0.4 is 10.6 Å². The van der Waals surface area contributed by atoms with Crippen molar-refractivity contribution in [2.75, 3.05) is 26.2 Å². The van der Waals surface area contributed by atoms with E-state index in [0.29, 0.717) is 12.6 Å². The Morgan fingerprint density at radius 2 is 2.00 bits per heavy atom. The zero-order chi connectivity index (χ0) is 18.4. The van der Waals surface area contributed by atoms with Crippen LogP contribution in [0.2, 0.25) is 0 Å². The summed E-state index contributed by atoms with van der Waals surface area (Å²) in [5.74, 6) is 0.976. The first-order chi connectivity index (χ1) is 12.6. The predicted molar refractivity (Wildman–Crippen MR) is 105 cm³/mol. The fourth-order valence-electron chi connectivity index (χ4n) is 3.80. The molecule has 2 aromatic rings. The molecule has 1 aromatic heterocycles. The van der Waals surface area contributed by atoms with Crippen LogP contribution in [-0.2, 0) is 6.54 Å². The van der Waals surface area contributed by atoms with E-state index in [1.807, 2.05) is 25.1 Å². The molecule has 6 nitrogen and oxygen atoms in total. The van der Waals surface area contributed by atoms with Crippen LogP contribution in [0.15, 0.2) is 24.3 Å². The number of urea groups is 1. The molecule has 3 rings (SSSR count). The van der Waals surface area contributed by atoms with Gasteiger partial charge in [-0.3, -0.25) is 0 Å². The number of para-hydroxylation sites is 2. The highest BCUT2D eigenvalue weighted by Crippen LogP contribution is 2.16. The molecule has 1 aromatic carbocycles. The number of imidazole rings is 1. The minimum Gasteiger partial charge on any atom is -0.338 e. The largest absolute Gasteiger partial charge is 0.338 e. The highest BCUT2D eigenvalue weighted by atomic mass is 16.2. The van der Waals surface area contributed by atoms with E-state index >= 15 is 0 Å². The number of carbonyl (C=O) groups excluding carboxylic acids is 1. The van der Waals surface area contributed by atoms with E-state index in [0.717, 1.165) is 42.9 Å². The molecule has 0 radical (unpaired) electrons. The summed E-state index contributed by atoms with van der Waals surface area (Å²) in [5, 5.41) is 5.92. The summed E-state index contributed by atoms with van der Waals surface area (Å²) in [7, 11) is 0. The second-order valence-corrected chi connectivity index (χ2v) is 7.22. The molecule has 142 valence electrons. The van der Waals surface area contributed by atoms with Crippen molar-refractivity contribution in [1.29, 1.82) is 0 Å². The molecule has 0 spiro atoms. The minimum absolute atomic E-state index is 0.0845. The van der Waals surface area contributed by atoms with Crippen LogP contribution in [0, 0.1) is 6.92 Å². The first-order valence-corrected chi connectivity index (χ1v) is 9.83. The van der Waals surface area contributed by atoms with E-state index in [1.165, 1.54) is 25.8 Å². The molecule has 0 aliphatic carbocycles. The maximum absolute atomic E-state index is 12.0. The van der Waals surface area contributed by atoms with E-state index in [4.69, 9.17) is 0 Å². The molecule has 2 N–H and O–H groups in total. The standard InChI is InChI=1S/C20H31N5O/c1-16-8-5-6-13-24(16)14-7-11-21-20(26)22-12-15-25-17(2)23-18-9-3-4-10-19(18)25/h3-4,9-10,16H,5-8,11-15H2,1-2H3,(H2,21,22,26). The average molecular weight is 358 g/mol. The molecule has 26 heavy (non-hydrogen) atoms. The Bertz CT molecular complexity index is 726. The molecule has 1 unspecified atom stereocenters. The third-order valence-corrected chi connectivity index (χ3v) is 5.31. The van der Waals surface area contributed by atoms with Gasteiger partial charge in [-0.15, -0.1) is 0 Å². The fraction of sp³-hybridized carbons (Fsp3) is 0.600. The second kappa shape index (κ2) is 9.03. The van der Waals surface area contributed by atoms with Crippen molar-refractivity contribution in [3.63, 3.8) is 0 Å². The van der Waals surface area contributed by atoms with Gasteiger partial charge in [0.25, 0.3) is 0 Å². The van der Waals surface area contributed by atoms with Crippen molar-refractivity contribution in [3.8, 4) is 0 Å². The number of piperidine rings is 1. The van der Waals surface area contributed by atoms with Crippen molar-refractivity contribution in [2.45, 2.75) is 52.1 Å². The van der Waals surface area contributed by atoms with Gasteiger partial charge in [0.2, 0.25) is 0 Å². The number of hydrogen-bond donors (Lipinski definition) is 2. The molecule has 1 aliphatic rings. The fourth-order valence-corrected chi connectivity index (χ4v) is 3.80. The lowest BCUT2D eigenvalue weighted by molar-refractivity contribution is 0.159. The molecule has 2 amide bonds. The number of nitrogens with zero attached hydrogens (tertiary/aromatic N) is 3. The Labute approximate surface area is 156 Å². The molecule has 1 fully saturated rings. The number of hydrogen-bond acceptors (Lipinski definition) is 3. The zero-order valence-electron chi connectivity index (χ0n) is 16.0. The second-order valence-electron chi connectivity index (χ2n) is 7.22. The van der Waals surface area contributed by atoms with Crippen LogP contribution in [0.5, 0.6) is 0 Å². The lowest BCUT2D eigenvalue weighted by Gasteiger charge is -2.33. The van der Waals surface area contributed by atoms with Gasteiger partial charge in [0.15, 0.2) is 0 Å². The van der Waals surface area contributed by atoms with Crippen molar-refractivity contribution < 1.29 is 4.79 Å². The van der Waals surface area contributed by atoms with Crippen LogP contribution >= 0.6 is 0 Å². The first-order valence-electron chi connectivity index (χ1n) is 9.83. The third-order valence-electron chi connectivity index (χ3n) is 5.31. The first kappa shape index (κ1) is 18.7. The average Bonchev–Trinajstić information content (AvgIpc) is 2.96. The Hall–Kier alpha value is -2.08. The van der Waals surface area contributed by atoms with Crippen LogP contribution in [-0.4, -0.2) is 52.7 Å². The van der Waals surface area contributed by atoms with Gasteiger partial charge in [-0.25, -0.2) is 9.78 Å². The van der Waals surface area contributed by atoms with Crippen LogP contribution in [0.3, 0.4) is 0 Å². The molecule has 2 heterocycles. The molecule has 6 heteroatoms. The van der Waals surface area contributed by atoms with E-state index < -0.39 is 0 Å². The van der Waals surface area contributed by atoms with Gasteiger partial charge in [-0.05, 0) is 51.8 Å². The number of aromatic nitrogens is 2. The smallest absolute Gasteiger partial charge is 0.314 e. The molecule has 1 atom stereocenters. The van der Waals surface area contributed by atoms with Gasteiger partial charge in [0.05, 0.1) is 11.0 Å². The summed E-state index contributed by atoms with van der Waals surface area (Å²) in [6.07, 6.45) is 4.96. The lowest BCUT2D eigenvalue weighted by atomic mass is 10.0. The molecule has 1 aliphatic heterocycles. The number of rotatable bonds is 7. The number of amides is 2. The Morgan fingerprint density at radius 3 is 2.85 bits per heavy atom. The Kier molecular flexibility index (Phi) is 6.50. The van der Waals surface area contributed by atoms with Gasteiger partial charge < -0.3 is 20.1 Å². The number of carbonyl (C=O) groups is 1. The molecule has 1 saturated heterocycles. The number of nitrogens with one attached hydrogen (secondary N) is 2. The summed E-state index contributed by atoms with van der Waals surface area (Å²) < 4.78 is 2.15. The minimum atomic E-state index is -0.0845. The quantitative estimate of drug-likeness (QED) is 0.749. The Morgan fingerprint density at radius 1 is 1.19 bits per heavy atom. The SMILES string of the molecule is Cc1nc2ccccc2n1CCNC(=O)NCCCN1CCCCC1C. The maximum Gasteiger partial charge on any atom is 0.314 e. The summed E-state index contributed by atoms with van der Waals surface area (Å²) in [4.78, 5) is 19.1. The highest BCUT2D eigenvalue weighted by molar-refractivity contribution is 5.76. The maximum atomic E-state index is 12.0. The van der Waals surface area contributed by atoms with Gasteiger partial charge in [-0.1, -0.05) is 18.6 Å². The number of likely N-dealkylation sites (tertiary alicyclic amines) is 1. The van der Waals surface area contributed by atoms with Gasteiger partial charge in [-0.2, -0.15) is 0 Å². The lowest BCUT2D eigenvalue weighted by Crippen LogP contribution is -2.41. The molecule has 0 saturated carbocycles. The van der Waals surface area contributed by atoms with Crippen molar-refractivity contribution >= 4 is 17.1 Å². The third kappa shape index (κ3) is 4.75. The molecular weight excluding hydrogens is 326 g/mol. The monoisotopic (exact) mass is 357 g/mol. The van der Waals surface area contributed by atoms with Gasteiger partial charge >= 0.3 is 6.03 Å². The van der Waals surface area contributed by atoms with Gasteiger partial charge in [0, 0.05) is 32.2 Å². The number of benzene rings is 1. The summed E-state index contributed by atoms with van der Waals surface area (Å²) in [6.45, 7) is 8.62. The number of fused-ring (bicyclic) bond motifs is 1. The topological polar surface area (TPSA) is 62.2 Å². The van der Waals surface area contributed by atoms with Crippen molar-refractivity contribution in [2.24, 2.45) is 0 Å². The normalized spacial score (nSPS) is 18.2. The summed E-state index contributed by atoms with van der Waals surface area (Å²) >= 11 is 0. The van der Waals surface area contributed by atoms with Crippen molar-refractivity contribution in [1.82, 2.24) is 25.1 Å². The van der Waals surface area contributed by atoms with E-state index in [1.54, 1.807) is 0 Å². The highest BCUT2D eigenvalue weighted by Gasteiger charge is 2.17. The van der Waals surface area contributed by atoms with Gasteiger partial charge in [0.1, 0.15) is 5.82 Å². The predicted octanol–water partition coefficient (Wildman–Crippen LogP) is 2.91. The van der Waals surface area contributed by atoms with Crippen LogP contribution in [0.25, 0.3) is 11.0 Å². The Balaban J connectivity index is 1.34. The zero-order valence-corrected chi connectivity index (χ0v) is 16.0. The van der Waals surface area contributed by atoms with E-state index in [9.17, 15) is 4.79 Å². The molecular formula is C20H31N5O. The summed E-state index contributed by atoms with van der Waals surface area (Å²) in [6, 6.07) is 8.70. The summed E-state index contributed by atoms with van der Waals surface area (Å²) in [5.41, 5.74) is 2.12. The van der Waals surface area contributed by atoms with Crippen LogP contribution in [0.4, 0.5) is 4.79 Å².